The molecule has 8 nitrogen and oxygen atoms in total. The zero-order valence-electron chi connectivity index (χ0n) is 19.6. The van der Waals surface area contributed by atoms with Gasteiger partial charge in [-0.2, -0.15) is 23.5 Å². The van der Waals surface area contributed by atoms with Crippen molar-refractivity contribution in [3.8, 4) is 11.9 Å². The SMILES string of the molecule is CCN1C(=O)C(NC(=O)c2cccc(C(F)(F)F)c2)Cc2c(CN(C)C#N)nn(-c3ccccc3)c21. The topological polar surface area (TPSA) is 94.3 Å². The van der Waals surface area contributed by atoms with Gasteiger partial charge in [0.05, 0.1) is 23.5 Å². The van der Waals surface area contributed by atoms with E-state index in [2.05, 4.69) is 10.4 Å². The number of fused-ring (bicyclic) bond motifs is 1. The summed E-state index contributed by atoms with van der Waals surface area (Å²) in [7, 11) is 1.60. The van der Waals surface area contributed by atoms with E-state index in [9.17, 15) is 28.0 Å². The smallest absolute Gasteiger partial charge is 0.340 e. The highest BCUT2D eigenvalue weighted by Crippen LogP contribution is 2.34. The van der Waals surface area contributed by atoms with Crippen LogP contribution in [0.25, 0.3) is 5.69 Å². The number of rotatable bonds is 6. The Morgan fingerprint density at radius 3 is 2.58 bits per heavy atom. The molecule has 0 fully saturated rings. The van der Waals surface area contributed by atoms with Gasteiger partial charge in [0, 0.05) is 31.1 Å². The van der Waals surface area contributed by atoms with Crippen molar-refractivity contribution < 1.29 is 22.8 Å². The van der Waals surface area contributed by atoms with Crippen LogP contribution in [0.2, 0.25) is 0 Å². The van der Waals surface area contributed by atoms with Gasteiger partial charge in [-0.15, -0.1) is 0 Å². The fourth-order valence-corrected chi connectivity index (χ4v) is 4.19. The van der Waals surface area contributed by atoms with Crippen molar-refractivity contribution in [1.29, 1.82) is 5.26 Å². The van der Waals surface area contributed by atoms with Gasteiger partial charge in [-0.3, -0.25) is 14.5 Å². The third-order valence-electron chi connectivity index (χ3n) is 5.90. The lowest BCUT2D eigenvalue weighted by atomic mass is 9.98. The standard InChI is InChI=1S/C25H23F3N6O2/c1-3-33-23-19(21(14-32(2)15-29)31-34(23)18-10-5-4-6-11-18)13-20(24(33)36)30-22(35)16-8-7-9-17(12-16)25(26,27)28/h4-12,20H,3,13-14H2,1-2H3,(H,30,35). The van der Waals surface area contributed by atoms with Crippen LogP contribution in [0.3, 0.4) is 0 Å². The Morgan fingerprint density at radius 2 is 1.94 bits per heavy atom. The number of nitrogens with zero attached hydrogens (tertiary/aromatic N) is 5. The van der Waals surface area contributed by atoms with Crippen molar-refractivity contribution >= 4 is 17.6 Å². The minimum atomic E-state index is -4.60. The molecular formula is C25H23F3N6O2. The quantitative estimate of drug-likeness (QED) is 0.416. The van der Waals surface area contributed by atoms with Gasteiger partial charge in [-0.25, -0.2) is 4.68 Å². The molecule has 4 rings (SSSR count). The van der Waals surface area contributed by atoms with Crippen molar-refractivity contribution in [2.45, 2.75) is 32.1 Å². The van der Waals surface area contributed by atoms with Crippen molar-refractivity contribution in [1.82, 2.24) is 20.0 Å². The van der Waals surface area contributed by atoms with E-state index in [0.29, 0.717) is 17.1 Å². The van der Waals surface area contributed by atoms with Gasteiger partial charge in [0.25, 0.3) is 11.8 Å². The number of hydrogen-bond acceptors (Lipinski definition) is 5. The number of amides is 2. The van der Waals surface area contributed by atoms with Crippen molar-refractivity contribution in [3.05, 3.63) is 77.0 Å². The molecule has 0 bridgehead atoms. The maximum Gasteiger partial charge on any atom is 0.416 e. The lowest BCUT2D eigenvalue weighted by Crippen LogP contribution is -2.53. The molecule has 1 aromatic heterocycles. The highest BCUT2D eigenvalue weighted by molar-refractivity contribution is 6.04. The minimum absolute atomic E-state index is 0.0802. The number of aromatic nitrogens is 2. The van der Waals surface area contributed by atoms with Crippen LogP contribution in [-0.2, 0) is 23.9 Å². The number of carbonyl (C=O) groups is 2. The molecule has 186 valence electrons. The molecule has 1 aliphatic rings. The number of halogens is 3. The molecule has 2 amide bonds. The summed E-state index contributed by atoms with van der Waals surface area (Å²) in [4.78, 5) is 29.2. The Hall–Kier alpha value is -4.33. The molecule has 1 atom stereocenters. The number of nitriles is 1. The molecule has 3 aromatic rings. The Labute approximate surface area is 205 Å². The summed E-state index contributed by atoms with van der Waals surface area (Å²) < 4.78 is 41.0. The summed E-state index contributed by atoms with van der Waals surface area (Å²) in [5.74, 6) is -0.646. The van der Waals surface area contributed by atoms with Crippen LogP contribution in [0.5, 0.6) is 0 Å². The average Bonchev–Trinajstić information content (AvgIpc) is 3.22. The number of para-hydroxylation sites is 1. The predicted octanol–water partition coefficient (Wildman–Crippen LogP) is 3.51. The third kappa shape index (κ3) is 4.75. The van der Waals surface area contributed by atoms with E-state index >= 15 is 0 Å². The van der Waals surface area contributed by atoms with Gasteiger partial charge >= 0.3 is 6.18 Å². The van der Waals surface area contributed by atoms with E-state index in [1.165, 1.54) is 15.9 Å². The molecule has 0 radical (unpaired) electrons. The lowest BCUT2D eigenvalue weighted by Gasteiger charge is -2.33. The van der Waals surface area contributed by atoms with Crippen molar-refractivity contribution in [2.24, 2.45) is 0 Å². The van der Waals surface area contributed by atoms with Gasteiger partial charge in [0.2, 0.25) is 0 Å². The summed E-state index contributed by atoms with van der Waals surface area (Å²) in [6.45, 7) is 2.23. The normalized spacial score (nSPS) is 15.3. The first-order valence-corrected chi connectivity index (χ1v) is 11.2. The van der Waals surface area contributed by atoms with E-state index < -0.39 is 29.6 Å². The van der Waals surface area contributed by atoms with E-state index in [0.717, 1.165) is 23.9 Å². The summed E-state index contributed by atoms with van der Waals surface area (Å²) in [6, 6.07) is 12.2. The average molecular weight is 496 g/mol. The highest BCUT2D eigenvalue weighted by Gasteiger charge is 2.39. The fraction of sp³-hybridized carbons (Fsp3) is 0.280. The molecule has 0 saturated carbocycles. The first-order chi connectivity index (χ1) is 17.1. The number of likely N-dealkylation sites (N-methyl/N-ethyl adjacent to an activating group) is 1. The Kier molecular flexibility index (Phi) is 6.70. The van der Waals surface area contributed by atoms with Crippen LogP contribution in [-0.4, -0.2) is 46.1 Å². The molecule has 1 unspecified atom stereocenters. The number of anilines is 1. The second-order valence-electron chi connectivity index (χ2n) is 8.34. The molecule has 1 aliphatic heterocycles. The summed E-state index contributed by atoms with van der Waals surface area (Å²) >= 11 is 0. The van der Waals surface area contributed by atoms with Crippen LogP contribution in [0, 0.1) is 11.5 Å². The summed E-state index contributed by atoms with van der Waals surface area (Å²) in [6.07, 6.45) is -2.49. The minimum Gasteiger partial charge on any atom is -0.340 e. The molecule has 0 aliphatic carbocycles. The number of nitrogens with one attached hydrogen (secondary N) is 1. The zero-order chi connectivity index (χ0) is 26.0. The maximum absolute atomic E-state index is 13.4. The van der Waals surface area contributed by atoms with E-state index in [1.807, 2.05) is 36.5 Å². The van der Waals surface area contributed by atoms with Crippen molar-refractivity contribution in [3.63, 3.8) is 0 Å². The monoisotopic (exact) mass is 496 g/mol. The van der Waals surface area contributed by atoms with Crippen LogP contribution >= 0.6 is 0 Å². The Morgan fingerprint density at radius 1 is 1.22 bits per heavy atom. The summed E-state index contributed by atoms with van der Waals surface area (Å²) in [5.41, 5.74) is 0.806. The molecule has 36 heavy (non-hydrogen) atoms. The number of benzene rings is 2. The molecular weight excluding hydrogens is 473 g/mol. The van der Waals surface area contributed by atoms with Gasteiger partial charge in [-0.1, -0.05) is 24.3 Å². The van der Waals surface area contributed by atoms with Crippen LogP contribution in [0.1, 0.15) is 34.1 Å². The molecule has 1 N–H and O–H groups in total. The highest BCUT2D eigenvalue weighted by atomic mass is 19.4. The first-order valence-electron chi connectivity index (χ1n) is 11.2. The van der Waals surface area contributed by atoms with Gasteiger partial charge in [-0.05, 0) is 37.3 Å². The fourth-order valence-electron chi connectivity index (χ4n) is 4.19. The Bertz CT molecular complexity index is 1330. The second kappa shape index (κ2) is 9.73. The number of alkyl halides is 3. The van der Waals surface area contributed by atoms with Gasteiger partial charge in [0.15, 0.2) is 6.19 Å². The van der Waals surface area contributed by atoms with E-state index in [1.54, 1.807) is 18.7 Å². The first kappa shape index (κ1) is 24.8. The molecule has 0 saturated heterocycles. The lowest BCUT2D eigenvalue weighted by molar-refractivity contribution is -0.137. The van der Waals surface area contributed by atoms with Crippen LogP contribution in [0.15, 0.2) is 54.6 Å². The number of carbonyl (C=O) groups excluding carboxylic acids is 2. The molecule has 0 spiro atoms. The molecule has 11 heteroatoms. The van der Waals surface area contributed by atoms with Gasteiger partial charge < -0.3 is 10.2 Å². The molecule has 2 aromatic carbocycles. The zero-order valence-corrected chi connectivity index (χ0v) is 19.6. The third-order valence-corrected chi connectivity index (χ3v) is 5.90. The Balaban J connectivity index is 1.72. The van der Waals surface area contributed by atoms with Crippen molar-refractivity contribution in [2.75, 3.05) is 18.5 Å². The van der Waals surface area contributed by atoms with Crippen LogP contribution in [0.4, 0.5) is 19.0 Å². The maximum atomic E-state index is 13.4. The molecule has 2 heterocycles. The number of hydrogen-bond donors (Lipinski definition) is 1. The predicted molar refractivity (Wildman–Crippen MR) is 125 cm³/mol. The van der Waals surface area contributed by atoms with Gasteiger partial charge in [0.1, 0.15) is 11.9 Å². The second-order valence-corrected chi connectivity index (χ2v) is 8.34. The largest absolute Gasteiger partial charge is 0.416 e. The van der Waals surface area contributed by atoms with E-state index in [4.69, 9.17) is 0 Å². The summed E-state index contributed by atoms with van der Waals surface area (Å²) in [5, 5.41) is 16.6. The van der Waals surface area contributed by atoms with Crippen LogP contribution < -0.4 is 10.2 Å². The van der Waals surface area contributed by atoms with E-state index in [-0.39, 0.29) is 25.1 Å².